The van der Waals surface area contributed by atoms with Crippen molar-refractivity contribution in [1.82, 2.24) is 15.3 Å². The number of fused-ring (bicyclic) bond motifs is 3. The number of aromatic hydroxyl groups is 1. The van der Waals surface area contributed by atoms with Crippen LogP contribution >= 0.6 is 0 Å². The highest BCUT2D eigenvalue weighted by atomic mass is 16.5. The molecule has 190 valence electrons. The molecule has 0 radical (unpaired) electrons. The molecule has 8 nitrogen and oxygen atoms in total. The third-order valence-electron chi connectivity index (χ3n) is 6.65. The van der Waals surface area contributed by atoms with Crippen molar-refractivity contribution in [3.05, 3.63) is 64.7 Å². The van der Waals surface area contributed by atoms with Crippen LogP contribution in [0.3, 0.4) is 0 Å². The lowest BCUT2D eigenvalue weighted by Crippen LogP contribution is -2.42. The molecule has 4 N–H and O–H groups in total. The molecule has 1 atom stereocenters. The number of carboxylic acid groups (broad SMARTS) is 1. The summed E-state index contributed by atoms with van der Waals surface area (Å²) in [5.41, 5.74) is 3.80. The van der Waals surface area contributed by atoms with E-state index < -0.39 is 23.5 Å². The molecule has 1 aliphatic rings. The first-order valence-corrected chi connectivity index (χ1v) is 12.3. The van der Waals surface area contributed by atoms with Gasteiger partial charge in [-0.25, -0.2) is 9.78 Å². The normalized spacial score (nSPS) is 14.3. The number of aromatic nitrogens is 2. The molecular weight excluding hydrogens is 458 g/mol. The molecule has 0 spiro atoms. The number of ether oxygens (including phenoxy) is 1. The van der Waals surface area contributed by atoms with Crippen LogP contribution < -0.4 is 10.1 Å². The van der Waals surface area contributed by atoms with Crippen LogP contribution in [0.5, 0.6) is 11.5 Å². The lowest BCUT2D eigenvalue weighted by Gasteiger charge is -2.36. The van der Waals surface area contributed by atoms with Crippen LogP contribution in [0.1, 0.15) is 72.8 Å². The van der Waals surface area contributed by atoms with Crippen molar-refractivity contribution in [2.24, 2.45) is 0 Å². The molecule has 0 aliphatic carbocycles. The Morgan fingerprint density at radius 2 is 2.00 bits per heavy atom. The number of amides is 1. The van der Waals surface area contributed by atoms with Gasteiger partial charge in [-0.2, -0.15) is 0 Å². The second-order valence-corrected chi connectivity index (χ2v) is 9.88. The van der Waals surface area contributed by atoms with Gasteiger partial charge in [0.1, 0.15) is 23.1 Å². The predicted octanol–water partition coefficient (Wildman–Crippen LogP) is 4.88. The van der Waals surface area contributed by atoms with Crippen molar-refractivity contribution in [1.29, 1.82) is 0 Å². The van der Waals surface area contributed by atoms with E-state index in [-0.39, 0.29) is 17.7 Å². The summed E-state index contributed by atoms with van der Waals surface area (Å²) in [5.74, 6) is -1.49. The summed E-state index contributed by atoms with van der Waals surface area (Å²) < 4.78 is 6.34. The molecule has 4 rings (SSSR count). The van der Waals surface area contributed by atoms with E-state index in [0.29, 0.717) is 29.0 Å². The Balaban J connectivity index is 1.81. The second kappa shape index (κ2) is 10.0. The summed E-state index contributed by atoms with van der Waals surface area (Å²) in [4.78, 5) is 32.4. The summed E-state index contributed by atoms with van der Waals surface area (Å²) in [7, 11) is 0. The van der Waals surface area contributed by atoms with Gasteiger partial charge in [-0.3, -0.25) is 4.79 Å². The number of carbonyl (C=O) groups is 2. The number of phenolic OH excluding ortho intramolecular Hbond substituents is 1. The molecule has 2 aromatic carbocycles. The van der Waals surface area contributed by atoms with Gasteiger partial charge < -0.3 is 25.3 Å². The number of imidazole rings is 1. The fourth-order valence-electron chi connectivity index (χ4n) is 4.82. The maximum atomic E-state index is 13.6. The smallest absolute Gasteiger partial charge is 0.326 e. The Kier molecular flexibility index (Phi) is 7.06. The Labute approximate surface area is 210 Å². The molecule has 1 aliphatic heterocycles. The second-order valence-electron chi connectivity index (χ2n) is 9.88. The van der Waals surface area contributed by atoms with Gasteiger partial charge in [0.15, 0.2) is 0 Å². The van der Waals surface area contributed by atoms with Crippen LogP contribution in [0, 0.1) is 6.92 Å². The molecule has 1 aromatic heterocycles. The van der Waals surface area contributed by atoms with Gasteiger partial charge in [-0.15, -0.1) is 0 Å². The molecule has 0 bridgehead atoms. The number of carboxylic acids is 1. The summed E-state index contributed by atoms with van der Waals surface area (Å²) in [6, 6.07) is 6.58. The van der Waals surface area contributed by atoms with Gasteiger partial charge in [-0.1, -0.05) is 43.5 Å². The topological polar surface area (TPSA) is 125 Å². The fourth-order valence-corrected chi connectivity index (χ4v) is 4.82. The van der Waals surface area contributed by atoms with E-state index >= 15 is 0 Å². The standard InChI is InChI=1S/C28H33N3O5/c1-5-6-7-8-17-12-22-24(19-11-16(2)9-10-20(19)28(3,4)36-22)25(32)23(17)26(33)31-21(27(34)35)13-18-14-29-15-30-18/h9-12,14-15,21,32H,5-8,13H2,1-4H3,(H,29,30)(H,31,33)(H,34,35). The van der Waals surface area contributed by atoms with Crippen LogP contribution in [0.2, 0.25) is 0 Å². The molecule has 0 saturated carbocycles. The molecule has 0 saturated heterocycles. The molecule has 2 heterocycles. The number of unbranched alkanes of at least 4 members (excludes halogenated alkanes) is 2. The van der Waals surface area contributed by atoms with Crippen molar-refractivity contribution < 1.29 is 24.5 Å². The van der Waals surface area contributed by atoms with Gasteiger partial charge in [0, 0.05) is 18.2 Å². The maximum Gasteiger partial charge on any atom is 0.326 e. The van der Waals surface area contributed by atoms with E-state index in [4.69, 9.17) is 4.74 Å². The number of aryl methyl sites for hydroxylation is 2. The van der Waals surface area contributed by atoms with Crippen molar-refractivity contribution in [2.45, 2.75) is 71.4 Å². The number of H-pyrrole nitrogens is 1. The fraction of sp³-hybridized carbons (Fsp3) is 0.393. The minimum Gasteiger partial charge on any atom is -0.506 e. The quantitative estimate of drug-likeness (QED) is 0.316. The lowest BCUT2D eigenvalue weighted by atomic mass is 9.83. The largest absolute Gasteiger partial charge is 0.506 e. The van der Waals surface area contributed by atoms with Gasteiger partial charge in [0.05, 0.1) is 23.1 Å². The minimum atomic E-state index is -1.20. The molecule has 1 amide bonds. The van der Waals surface area contributed by atoms with Gasteiger partial charge in [0.2, 0.25) is 0 Å². The zero-order valence-electron chi connectivity index (χ0n) is 21.1. The Bertz CT molecular complexity index is 1280. The van der Waals surface area contributed by atoms with Crippen LogP contribution in [0.4, 0.5) is 0 Å². The van der Waals surface area contributed by atoms with Gasteiger partial charge in [0.25, 0.3) is 5.91 Å². The Hall–Kier alpha value is -3.81. The predicted molar refractivity (Wildman–Crippen MR) is 136 cm³/mol. The van der Waals surface area contributed by atoms with Gasteiger partial charge in [-0.05, 0) is 50.8 Å². The summed E-state index contributed by atoms with van der Waals surface area (Å²) in [6.45, 7) is 8.02. The number of carbonyl (C=O) groups excluding carboxylic acids is 1. The molecule has 36 heavy (non-hydrogen) atoms. The number of nitrogens with zero attached hydrogens (tertiary/aromatic N) is 1. The SMILES string of the molecule is CCCCCc1cc2c(c(O)c1C(=O)NC(Cc1c[nH]cn1)C(=O)O)-c1cc(C)ccc1C(C)(C)O2. The average Bonchev–Trinajstić information content (AvgIpc) is 3.31. The van der Waals surface area contributed by atoms with Crippen molar-refractivity contribution in [2.75, 3.05) is 0 Å². The monoisotopic (exact) mass is 491 g/mol. The van der Waals surface area contributed by atoms with E-state index in [2.05, 4.69) is 22.2 Å². The van der Waals surface area contributed by atoms with E-state index in [1.54, 1.807) is 6.20 Å². The summed E-state index contributed by atoms with van der Waals surface area (Å²) >= 11 is 0. The average molecular weight is 492 g/mol. The molecule has 3 aromatic rings. The van der Waals surface area contributed by atoms with E-state index in [1.165, 1.54) is 6.33 Å². The molecule has 0 fully saturated rings. The lowest BCUT2D eigenvalue weighted by molar-refractivity contribution is -0.139. The highest BCUT2D eigenvalue weighted by Gasteiger charge is 2.37. The first-order chi connectivity index (χ1) is 17.1. The van der Waals surface area contributed by atoms with Crippen LogP contribution in [0.25, 0.3) is 11.1 Å². The highest BCUT2D eigenvalue weighted by Crippen LogP contribution is 2.51. The number of hydrogen-bond acceptors (Lipinski definition) is 5. The molecule has 8 heteroatoms. The van der Waals surface area contributed by atoms with Crippen LogP contribution in [-0.2, 0) is 23.2 Å². The van der Waals surface area contributed by atoms with Crippen molar-refractivity contribution in [3.63, 3.8) is 0 Å². The molecular formula is C28H33N3O5. The highest BCUT2D eigenvalue weighted by molar-refractivity contribution is 6.03. The third-order valence-corrected chi connectivity index (χ3v) is 6.65. The maximum absolute atomic E-state index is 13.6. The van der Waals surface area contributed by atoms with Gasteiger partial charge >= 0.3 is 5.97 Å². The number of nitrogens with one attached hydrogen (secondary N) is 2. The number of aromatic amines is 1. The number of benzene rings is 2. The zero-order valence-corrected chi connectivity index (χ0v) is 21.1. The zero-order chi connectivity index (χ0) is 26.0. The number of aliphatic carboxylic acids is 1. The Morgan fingerprint density at radius 1 is 1.22 bits per heavy atom. The first kappa shape index (κ1) is 25.3. The van der Waals surface area contributed by atoms with Crippen molar-refractivity contribution >= 4 is 11.9 Å². The summed E-state index contributed by atoms with van der Waals surface area (Å²) in [5, 5.41) is 23.9. The number of phenols is 1. The first-order valence-electron chi connectivity index (χ1n) is 12.3. The van der Waals surface area contributed by atoms with E-state index in [1.807, 2.05) is 45.0 Å². The number of hydrogen-bond donors (Lipinski definition) is 4. The van der Waals surface area contributed by atoms with E-state index in [9.17, 15) is 19.8 Å². The third kappa shape index (κ3) is 4.94. The van der Waals surface area contributed by atoms with Crippen LogP contribution in [-0.4, -0.2) is 38.1 Å². The molecule has 1 unspecified atom stereocenters. The van der Waals surface area contributed by atoms with Crippen molar-refractivity contribution in [3.8, 4) is 22.6 Å². The Morgan fingerprint density at radius 3 is 2.67 bits per heavy atom. The van der Waals surface area contributed by atoms with Crippen LogP contribution in [0.15, 0.2) is 36.8 Å². The van der Waals surface area contributed by atoms with E-state index in [0.717, 1.165) is 36.0 Å². The number of rotatable bonds is 9. The minimum absolute atomic E-state index is 0.0147. The summed E-state index contributed by atoms with van der Waals surface area (Å²) in [6.07, 6.45) is 6.40.